The summed E-state index contributed by atoms with van der Waals surface area (Å²) in [4.78, 5) is 3.34. The molecule has 0 fully saturated rings. The minimum Gasteiger partial charge on any atom is -0.362 e. The fourth-order valence-corrected chi connectivity index (χ4v) is 0.519. The summed E-state index contributed by atoms with van der Waals surface area (Å²) in [5.41, 5.74) is 0. The molecule has 0 saturated heterocycles. The summed E-state index contributed by atoms with van der Waals surface area (Å²) in [5, 5.41) is 39.3. The van der Waals surface area contributed by atoms with Crippen LogP contribution in [0.5, 0.6) is 0 Å². The van der Waals surface area contributed by atoms with Gasteiger partial charge in [-0.25, -0.2) is 4.98 Å². The van der Waals surface area contributed by atoms with E-state index in [2.05, 4.69) is 15.2 Å². The number of hydrogen-bond acceptors (Lipinski definition) is 6. The van der Waals surface area contributed by atoms with Crippen molar-refractivity contribution in [3.05, 3.63) is 11.6 Å². The molecule has 0 radical (unpaired) electrons. The lowest BCUT2D eigenvalue weighted by molar-refractivity contribution is -0.0539. The Bertz CT molecular complexity index is 210. The first-order valence-corrected chi connectivity index (χ1v) is 2.75. The molecule has 0 aromatic carbocycles. The van der Waals surface area contributed by atoms with Crippen LogP contribution < -0.4 is 0 Å². The number of H-pyrrole nitrogens is 1. The first kappa shape index (κ1) is 8.08. The molecule has 0 saturated carbocycles. The second-order valence-corrected chi connectivity index (χ2v) is 1.83. The SMILES string of the molecule is OC(O)c1n[nH]c(C(O)O)n1. The van der Waals surface area contributed by atoms with E-state index in [4.69, 9.17) is 20.4 Å². The first-order valence-electron chi connectivity index (χ1n) is 2.75. The molecule has 1 aromatic heterocycles. The molecule has 1 rings (SSSR count). The summed E-state index contributed by atoms with van der Waals surface area (Å²) in [7, 11) is 0. The molecule has 5 N–H and O–H groups in total. The van der Waals surface area contributed by atoms with E-state index in [0.29, 0.717) is 0 Å². The smallest absolute Gasteiger partial charge is 0.216 e. The second kappa shape index (κ2) is 2.93. The summed E-state index contributed by atoms with van der Waals surface area (Å²) in [6, 6.07) is 0. The quantitative estimate of drug-likeness (QED) is 0.313. The van der Waals surface area contributed by atoms with Crippen LogP contribution in [0.1, 0.15) is 24.2 Å². The fraction of sp³-hybridized carbons (Fsp3) is 0.500. The Balaban J connectivity index is 2.82. The number of aliphatic hydroxyl groups is 4. The van der Waals surface area contributed by atoms with Gasteiger partial charge in [0.2, 0.25) is 18.4 Å². The lowest BCUT2D eigenvalue weighted by atomic mass is 10.6. The highest BCUT2D eigenvalue weighted by Gasteiger charge is 2.13. The van der Waals surface area contributed by atoms with Gasteiger partial charge in [0.1, 0.15) is 0 Å². The van der Waals surface area contributed by atoms with Crippen LogP contribution in [-0.2, 0) is 0 Å². The molecule has 62 valence electrons. The maximum atomic E-state index is 8.48. The van der Waals surface area contributed by atoms with Crippen molar-refractivity contribution in [1.29, 1.82) is 0 Å². The number of aromatic amines is 1. The molecule has 0 atom stereocenters. The van der Waals surface area contributed by atoms with Gasteiger partial charge in [-0.1, -0.05) is 0 Å². The van der Waals surface area contributed by atoms with E-state index in [-0.39, 0.29) is 11.6 Å². The molecule has 0 amide bonds. The zero-order valence-corrected chi connectivity index (χ0v) is 5.34. The van der Waals surface area contributed by atoms with Crippen LogP contribution >= 0.6 is 0 Å². The van der Waals surface area contributed by atoms with Crippen LogP contribution in [0.3, 0.4) is 0 Å². The number of rotatable bonds is 2. The average Bonchev–Trinajstić information content (AvgIpc) is 2.33. The van der Waals surface area contributed by atoms with Crippen LogP contribution in [-0.4, -0.2) is 35.6 Å². The molecule has 0 bridgehead atoms. The van der Waals surface area contributed by atoms with Crippen molar-refractivity contribution in [2.24, 2.45) is 0 Å². The van der Waals surface area contributed by atoms with Crippen molar-refractivity contribution in [2.45, 2.75) is 12.6 Å². The minimum absolute atomic E-state index is 0.229. The Morgan fingerprint density at radius 3 is 2.00 bits per heavy atom. The summed E-state index contributed by atoms with van der Waals surface area (Å²) in [6.45, 7) is 0. The zero-order chi connectivity index (χ0) is 8.43. The van der Waals surface area contributed by atoms with Crippen molar-refractivity contribution < 1.29 is 20.4 Å². The molecule has 1 aromatic rings. The van der Waals surface area contributed by atoms with Crippen molar-refractivity contribution in [3.63, 3.8) is 0 Å². The molecule has 0 aliphatic carbocycles. The molecule has 1 heterocycles. The molecular weight excluding hydrogens is 154 g/mol. The third kappa shape index (κ3) is 1.71. The van der Waals surface area contributed by atoms with Crippen molar-refractivity contribution in [3.8, 4) is 0 Å². The van der Waals surface area contributed by atoms with E-state index in [9.17, 15) is 0 Å². The molecule has 7 heteroatoms. The van der Waals surface area contributed by atoms with Crippen LogP contribution in [0, 0.1) is 0 Å². The van der Waals surface area contributed by atoms with Crippen molar-refractivity contribution >= 4 is 0 Å². The van der Waals surface area contributed by atoms with Crippen LogP contribution in [0.2, 0.25) is 0 Å². The lowest BCUT2D eigenvalue weighted by Gasteiger charge is -1.95. The zero-order valence-electron chi connectivity index (χ0n) is 5.34. The summed E-state index contributed by atoms with van der Waals surface area (Å²) >= 11 is 0. The van der Waals surface area contributed by atoms with Gasteiger partial charge in [0, 0.05) is 0 Å². The number of nitrogens with one attached hydrogen (secondary N) is 1. The molecular formula is C4H7N3O4. The largest absolute Gasteiger partial charge is 0.362 e. The minimum atomic E-state index is -1.81. The maximum absolute atomic E-state index is 8.48. The predicted molar refractivity (Wildman–Crippen MR) is 30.7 cm³/mol. The maximum Gasteiger partial charge on any atom is 0.216 e. The first-order chi connectivity index (χ1) is 5.11. The van der Waals surface area contributed by atoms with Gasteiger partial charge in [0.15, 0.2) is 5.82 Å². The second-order valence-electron chi connectivity index (χ2n) is 1.83. The molecule has 7 nitrogen and oxygen atoms in total. The van der Waals surface area contributed by atoms with Gasteiger partial charge in [0.25, 0.3) is 0 Å². The third-order valence-electron chi connectivity index (χ3n) is 0.996. The van der Waals surface area contributed by atoms with E-state index in [0.717, 1.165) is 0 Å². The highest BCUT2D eigenvalue weighted by atomic mass is 16.5. The topological polar surface area (TPSA) is 122 Å². The Morgan fingerprint density at radius 1 is 1.09 bits per heavy atom. The molecule has 0 unspecified atom stereocenters. The lowest BCUT2D eigenvalue weighted by Crippen LogP contribution is -1.99. The summed E-state index contributed by atoms with van der Waals surface area (Å²) < 4.78 is 0. The Kier molecular flexibility index (Phi) is 2.15. The number of aromatic nitrogens is 3. The van der Waals surface area contributed by atoms with Crippen molar-refractivity contribution in [2.75, 3.05) is 0 Å². The standard InChI is InChI=1S/C4H7N3O4/c8-3(9)1-5-2(4(10)11)7-6-1/h3-4,8-11H,(H,5,6,7). The van der Waals surface area contributed by atoms with Crippen LogP contribution in [0.4, 0.5) is 0 Å². The molecule has 11 heavy (non-hydrogen) atoms. The number of nitrogens with zero attached hydrogens (tertiary/aromatic N) is 2. The highest BCUT2D eigenvalue weighted by Crippen LogP contribution is 2.06. The van der Waals surface area contributed by atoms with Gasteiger partial charge in [-0.15, -0.1) is 0 Å². The van der Waals surface area contributed by atoms with Crippen LogP contribution in [0.25, 0.3) is 0 Å². The normalized spacial score (nSPS) is 11.5. The van der Waals surface area contributed by atoms with Gasteiger partial charge in [0.05, 0.1) is 0 Å². The number of aliphatic hydroxyl groups excluding tert-OH is 2. The van der Waals surface area contributed by atoms with Crippen molar-refractivity contribution in [1.82, 2.24) is 15.2 Å². The average molecular weight is 161 g/mol. The van der Waals surface area contributed by atoms with E-state index < -0.39 is 12.6 Å². The van der Waals surface area contributed by atoms with Gasteiger partial charge < -0.3 is 20.4 Å². The van der Waals surface area contributed by atoms with Gasteiger partial charge in [-0.2, -0.15) is 5.10 Å². The monoisotopic (exact) mass is 161 g/mol. The Labute approximate surface area is 61.0 Å². The number of hydrogen-bond donors (Lipinski definition) is 5. The van der Waals surface area contributed by atoms with Gasteiger partial charge >= 0.3 is 0 Å². The molecule has 0 aliphatic heterocycles. The van der Waals surface area contributed by atoms with E-state index in [1.807, 2.05) is 0 Å². The highest BCUT2D eigenvalue weighted by molar-refractivity contribution is 4.91. The van der Waals surface area contributed by atoms with Gasteiger partial charge in [-0.3, -0.25) is 5.10 Å². The molecule has 0 spiro atoms. The van der Waals surface area contributed by atoms with E-state index in [1.165, 1.54) is 0 Å². The summed E-state index contributed by atoms with van der Waals surface area (Å²) in [6.07, 6.45) is -3.59. The van der Waals surface area contributed by atoms with Gasteiger partial charge in [-0.05, 0) is 0 Å². The van der Waals surface area contributed by atoms with Crippen LogP contribution in [0.15, 0.2) is 0 Å². The predicted octanol–water partition coefficient (Wildman–Crippen LogP) is -2.23. The Hall–Kier alpha value is -1.02. The fourth-order valence-electron chi connectivity index (χ4n) is 0.519. The summed E-state index contributed by atoms with van der Waals surface area (Å²) in [5.74, 6) is -0.527. The van der Waals surface area contributed by atoms with E-state index in [1.54, 1.807) is 0 Å². The van der Waals surface area contributed by atoms with E-state index >= 15 is 0 Å². The Morgan fingerprint density at radius 2 is 1.73 bits per heavy atom. The third-order valence-corrected chi connectivity index (χ3v) is 0.996. The molecule has 0 aliphatic rings.